The molecule has 0 radical (unpaired) electrons. The lowest BCUT2D eigenvalue weighted by molar-refractivity contribution is 0.124. The van der Waals surface area contributed by atoms with Gasteiger partial charge in [0.25, 0.3) is 0 Å². The molecule has 114 valence electrons. The number of benzene rings is 1. The van der Waals surface area contributed by atoms with Gasteiger partial charge in [-0.05, 0) is 35.6 Å². The van der Waals surface area contributed by atoms with Crippen LogP contribution in [0.15, 0.2) is 47.1 Å². The summed E-state index contributed by atoms with van der Waals surface area (Å²) in [6.07, 6.45) is 2.01. The Morgan fingerprint density at radius 3 is 2.29 bits per heavy atom. The van der Waals surface area contributed by atoms with E-state index < -0.39 is 6.10 Å². The van der Waals surface area contributed by atoms with E-state index in [1.165, 1.54) is 5.56 Å². The number of rotatable bonds is 7. The highest BCUT2D eigenvalue weighted by Gasteiger charge is 2.19. The van der Waals surface area contributed by atoms with Crippen LogP contribution in [0.1, 0.15) is 56.1 Å². The van der Waals surface area contributed by atoms with Gasteiger partial charge in [0.2, 0.25) is 0 Å². The lowest BCUT2D eigenvalue weighted by Gasteiger charge is -2.23. The normalized spacial score (nSPS) is 14.3. The SMILES string of the molecule is CCC(NCc1ccco1)C(O)c1ccc(C(C)C)cc1. The molecule has 1 heterocycles. The molecule has 1 aromatic carbocycles. The first-order chi connectivity index (χ1) is 10.1. The number of furan rings is 1. The fourth-order valence-electron chi connectivity index (χ4n) is 2.43. The number of aliphatic hydroxyl groups is 1. The molecular formula is C18H25NO2. The Morgan fingerprint density at radius 2 is 1.76 bits per heavy atom. The molecule has 0 saturated carbocycles. The van der Waals surface area contributed by atoms with Crippen molar-refractivity contribution in [3.05, 3.63) is 59.5 Å². The second-order valence-electron chi connectivity index (χ2n) is 5.74. The monoisotopic (exact) mass is 287 g/mol. The van der Waals surface area contributed by atoms with Crippen molar-refractivity contribution in [1.29, 1.82) is 0 Å². The first-order valence-corrected chi connectivity index (χ1v) is 7.65. The summed E-state index contributed by atoms with van der Waals surface area (Å²) in [5.41, 5.74) is 2.25. The molecule has 0 fully saturated rings. The van der Waals surface area contributed by atoms with Gasteiger partial charge in [0, 0.05) is 6.04 Å². The highest BCUT2D eigenvalue weighted by Crippen LogP contribution is 2.22. The summed E-state index contributed by atoms with van der Waals surface area (Å²) in [5, 5.41) is 13.9. The minimum Gasteiger partial charge on any atom is -0.468 e. The van der Waals surface area contributed by atoms with Gasteiger partial charge in [0.05, 0.1) is 18.9 Å². The Labute approximate surface area is 127 Å². The molecule has 21 heavy (non-hydrogen) atoms. The highest BCUT2D eigenvalue weighted by atomic mass is 16.3. The quantitative estimate of drug-likeness (QED) is 0.809. The fourth-order valence-corrected chi connectivity index (χ4v) is 2.43. The summed E-state index contributed by atoms with van der Waals surface area (Å²) in [6, 6.07) is 12.1. The zero-order chi connectivity index (χ0) is 15.2. The molecule has 2 atom stereocenters. The number of aliphatic hydroxyl groups excluding tert-OH is 1. The van der Waals surface area contributed by atoms with Crippen LogP contribution in [-0.4, -0.2) is 11.1 Å². The van der Waals surface area contributed by atoms with E-state index in [9.17, 15) is 5.11 Å². The van der Waals surface area contributed by atoms with Gasteiger partial charge < -0.3 is 14.8 Å². The van der Waals surface area contributed by atoms with E-state index >= 15 is 0 Å². The zero-order valence-electron chi connectivity index (χ0n) is 13.0. The molecule has 1 aromatic heterocycles. The molecule has 0 saturated heterocycles. The molecule has 3 heteroatoms. The van der Waals surface area contributed by atoms with Crippen LogP contribution in [0.3, 0.4) is 0 Å². The fraction of sp³-hybridized carbons (Fsp3) is 0.444. The van der Waals surface area contributed by atoms with Crippen LogP contribution in [0, 0.1) is 0 Å². The molecule has 2 unspecified atom stereocenters. The molecule has 3 nitrogen and oxygen atoms in total. The second-order valence-corrected chi connectivity index (χ2v) is 5.74. The van der Waals surface area contributed by atoms with Gasteiger partial charge >= 0.3 is 0 Å². The van der Waals surface area contributed by atoms with E-state index in [2.05, 4.69) is 38.2 Å². The van der Waals surface area contributed by atoms with Crippen molar-refractivity contribution in [3.8, 4) is 0 Å². The maximum atomic E-state index is 10.5. The van der Waals surface area contributed by atoms with E-state index in [1.54, 1.807) is 6.26 Å². The highest BCUT2D eigenvalue weighted by molar-refractivity contribution is 5.26. The summed E-state index contributed by atoms with van der Waals surface area (Å²) in [7, 11) is 0. The van der Waals surface area contributed by atoms with Crippen molar-refractivity contribution in [2.24, 2.45) is 0 Å². The summed E-state index contributed by atoms with van der Waals surface area (Å²) in [4.78, 5) is 0. The van der Waals surface area contributed by atoms with Crippen molar-refractivity contribution in [3.63, 3.8) is 0 Å². The number of nitrogens with one attached hydrogen (secondary N) is 1. The van der Waals surface area contributed by atoms with Crippen molar-refractivity contribution >= 4 is 0 Å². The van der Waals surface area contributed by atoms with Crippen LogP contribution in [0.4, 0.5) is 0 Å². The van der Waals surface area contributed by atoms with E-state index in [4.69, 9.17) is 4.42 Å². The van der Waals surface area contributed by atoms with Crippen molar-refractivity contribution in [2.75, 3.05) is 0 Å². The summed E-state index contributed by atoms with van der Waals surface area (Å²) in [5.74, 6) is 1.39. The summed E-state index contributed by atoms with van der Waals surface area (Å²) >= 11 is 0. The molecule has 0 aliphatic rings. The van der Waals surface area contributed by atoms with Crippen molar-refractivity contribution in [2.45, 2.75) is 51.8 Å². The summed E-state index contributed by atoms with van der Waals surface area (Å²) in [6.45, 7) is 7.05. The molecule has 0 spiro atoms. The van der Waals surface area contributed by atoms with Crippen LogP contribution in [0.5, 0.6) is 0 Å². The molecule has 0 amide bonds. The van der Waals surface area contributed by atoms with Gasteiger partial charge in [-0.3, -0.25) is 0 Å². The first kappa shape index (κ1) is 15.8. The van der Waals surface area contributed by atoms with Crippen molar-refractivity contribution < 1.29 is 9.52 Å². The first-order valence-electron chi connectivity index (χ1n) is 7.65. The Bertz CT molecular complexity index is 517. The average molecular weight is 287 g/mol. The van der Waals surface area contributed by atoms with E-state index in [0.717, 1.165) is 17.7 Å². The number of hydrogen-bond donors (Lipinski definition) is 2. The molecule has 2 N–H and O–H groups in total. The molecule has 0 bridgehead atoms. The third kappa shape index (κ3) is 4.19. The lowest BCUT2D eigenvalue weighted by Crippen LogP contribution is -2.33. The Kier molecular flexibility index (Phi) is 5.59. The van der Waals surface area contributed by atoms with Gasteiger partial charge in [-0.25, -0.2) is 0 Å². The number of hydrogen-bond acceptors (Lipinski definition) is 3. The molecule has 0 aliphatic heterocycles. The molecular weight excluding hydrogens is 262 g/mol. The van der Waals surface area contributed by atoms with E-state index in [-0.39, 0.29) is 6.04 Å². The third-order valence-corrected chi connectivity index (χ3v) is 3.88. The van der Waals surface area contributed by atoms with Crippen LogP contribution in [0.2, 0.25) is 0 Å². The molecule has 2 aromatic rings. The maximum absolute atomic E-state index is 10.5. The van der Waals surface area contributed by atoms with Crippen LogP contribution in [-0.2, 0) is 6.54 Å². The smallest absolute Gasteiger partial charge is 0.117 e. The maximum Gasteiger partial charge on any atom is 0.117 e. The minimum atomic E-state index is -0.508. The Morgan fingerprint density at radius 1 is 1.10 bits per heavy atom. The largest absolute Gasteiger partial charge is 0.468 e. The van der Waals surface area contributed by atoms with E-state index in [1.807, 2.05) is 24.3 Å². The predicted molar refractivity (Wildman–Crippen MR) is 85.1 cm³/mol. The van der Waals surface area contributed by atoms with Crippen LogP contribution >= 0.6 is 0 Å². The third-order valence-electron chi connectivity index (χ3n) is 3.88. The van der Waals surface area contributed by atoms with Crippen LogP contribution < -0.4 is 5.32 Å². The molecule has 0 aliphatic carbocycles. The average Bonchev–Trinajstić information content (AvgIpc) is 3.01. The van der Waals surface area contributed by atoms with Gasteiger partial charge in [0.1, 0.15) is 5.76 Å². The Balaban J connectivity index is 1.99. The minimum absolute atomic E-state index is 0.0139. The lowest BCUT2D eigenvalue weighted by atomic mass is 9.96. The topological polar surface area (TPSA) is 45.4 Å². The Hall–Kier alpha value is -1.58. The van der Waals surface area contributed by atoms with Crippen LogP contribution in [0.25, 0.3) is 0 Å². The standard InChI is InChI=1S/C18H25NO2/c1-4-17(19-12-16-6-5-11-21-16)18(20)15-9-7-14(8-10-15)13(2)3/h5-11,13,17-20H,4,12H2,1-3H3. The van der Waals surface area contributed by atoms with Gasteiger partial charge in [-0.2, -0.15) is 0 Å². The van der Waals surface area contributed by atoms with Gasteiger partial charge in [0.15, 0.2) is 0 Å². The summed E-state index contributed by atoms with van der Waals surface area (Å²) < 4.78 is 5.31. The van der Waals surface area contributed by atoms with E-state index in [0.29, 0.717) is 12.5 Å². The predicted octanol–water partition coefficient (Wildman–Crippen LogP) is 4.00. The van der Waals surface area contributed by atoms with Crippen molar-refractivity contribution in [1.82, 2.24) is 5.32 Å². The van der Waals surface area contributed by atoms with Gasteiger partial charge in [-0.15, -0.1) is 0 Å². The molecule has 2 rings (SSSR count). The second kappa shape index (κ2) is 7.43. The zero-order valence-corrected chi connectivity index (χ0v) is 13.0. The van der Waals surface area contributed by atoms with Gasteiger partial charge in [-0.1, -0.05) is 45.0 Å².